The summed E-state index contributed by atoms with van der Waals surface area (Å²) in [6.07, 6.45) is 8.06. The van der Waals surface area contributed by atoms with Gasteiger partial charge in [-0.25, -0.2) is 4.79 Å². The first kappa shape index (κ1) is 26.9. The standard InChI is InChI=1S/C30H33ClN2O4/c1-2-36-29(34)22-37-27-8-3-6-23(20-27)28(24-7-4-16-32-21-24)9-5-17-33-18-14-30(35,15-19-33)25-10-12-26(31)13-11-25/h3-4,6-13,16,20-21,35H,2,5,14-15,17-19,22H2,1H3/b28-9-. The van der Waals surface area contributed by atoms with Crippen molar-refractivity contribution in [3.63, 3.8) is 0 Å². The lowest BCUT2D eigenvalue weighted by molar-refractivity contribution is -0.145. The molecule has 0 unspecified atom stereocenters. The van der Waals surface area contributed by atoms with Crippen LogP contribution in [0.1, 0.15) is 42.9 Å². The van der Waals surface area contributed by atoms with E-state index in [1.807, 2.05) is 66.9 Å². The summed E-state index contributed by atoms with van der Waals surface area (Å²) in [6, 6.07) is 19.2. The highest BCUT2D eigenvalue weighted by Gasteiger charge is 2.33. The molecule has 1 N–H and O–H groups in total. The maximum Gasteiger partial charge on any atom is 0.344 e. The van der Waals surface area contributed by atoms with Crippen LogP contribution in [-0.2, 0) is 15.1 Å². The number of esters is 1. The van der Waals surface area contributed by atoms with Crippen molar-refractivity contribution in [1.29, 1.82) is 0 Å². The van der Waals surface area contributed by atoms with Gasteiger partial charge < -0.3 is 19.5 Å². The minimum atomic E-state index is -0.804. The van der Waals surface area contributed by atoms with Crippen molar-refractivity contribution >= 4 is 23.1 Å². The summed E-state index contributed by atoms with van der Waals surface area (Å²) in [5, 5.41) is 11.8. The molecule has 1 aliphatic heterocycles. The van der Waals surface area contributed by atoms with Gasteiger partial charge in [-0.1, -0.05) is 48.0 Å². The van der Waals surface area contributed by atoms with E-state index in [1.165, 1.54) is 0 Å². The lowest BCUT2D eigenvalue weighted by Gasteiger charge is -2.38. The normalized spacial score (nSPS) is 15.8. The molecule has 0 radical (unpaired) electrons. The van der Waals surface area contributed by atoms with Gasteiger partial charge in [-0.3, -0.25) is 4.98 Å². The number of aromatic nitrogens is 1. The van der Waals surface area contributed by atoms with Gasteiger partial charge in [0.25, 0.3) is 0 Å². The number of hydrogen-bond acceptors (Lipinski definition) is 6. The van der Waals surface area contributed by atoms with E-state index in [4.69, 9.17) is 21.1 Å². The van der Waals surface area contributed by atoms with Crippen molar-refractivity contribution < 1.29 is 19.4 Å². The lowest BCUT2D eigenvalue weighted by Crippen LogP contribution is -2.42. The Bertz CT molecular complexity index is 1190. The molecule has 0 amide bonds. The van der Waals surface area contributed by atoms with Gasteiger partial charge in [0.05, 0.1) is 12.2 Å². The fourth-order valence-corrected chi connectivity index (χ4v) is 4.74. The number of benzene rings is 2. The molecule has 7 heteroatoms. The average molecular weight is 521 g/mol. The number of piperidine rings is 1. The molecule has 2 heterocycles. The summed E-state index contributed by atoms with van der Waals surface area (Å²) in [4.78, 5) is 18.4. The smallest absolute Gasteiger partial charge is 0.344 e. The molecule has 0 bridgehead atoms. The number of ether oxygens (including phenoxy) is 2. The molecule has 1 aromatic heterocycles. The molecule has 0 spiro atoms. The third-order valence-electron chi connectivity index (χ3n) is 6.64. The Balaban J connectivity index is 1.41. The summed E-state index contributed by atoms with van der Waals surface area (Å²) in [6.45, 7) is 4.51. The van der Waals surface area contributed by atoms with Crippen molar-refractivity contribution in [3.05, 3.63) is 101 Å². The maximum absolute atomic E-state index is 11.7. The molecular weight excluding hydrogens is 488 g/mol. The summed E-state index contributed by atoms with van der Waals surface area (Å²) >= 11 is 6.01. The highest BCUT2D eigenvalue weighted by Crippen LogP contribution is 2.33. The predicted octanol–water partition coefficient (Wildman–Crippen LogP) is 5.48. The van der Waals surface area contributed by atoms with Gasteiger partial charge in [-0.2, -0.15) is 0 Å². The largest absolute Gasteiger partial charge is 0.482 e. The van der Waals surface area contributed by atoms with Crippen molar-refractivity contribution in [1.82, 2.24) is 9.88 Å². The van der Waals surface area contributed by atoms with Gasteiger partial charge in [-0.15, -0.1) is 0 Å². The van der Waals surface area contributed by atoms with Crippen LogP contribution in [0.5, 0.6) is 5.75 Å². The van der Waals surface area contributed by atoms with Crippen LogP contribution in [0.3, 0.4) is 0 Å². The number of halogens is 1. The van der Waals surface area contributed by atoms with E-state index >= 15 is 0 Å². The van der Waals surface area contributed by atoms with Crippen LogP contribution >= 0.6 is 11.6 Å². The van der Waals surface area contributed by atoms with Crippen LogP contribution in [0.2, 0.25) is 5.02 Å². The minimum absolute atomic E-state index is 0.124. The summed E-state index contributed by atoms with van der Waals surface area (Å²) in [7, 11) is 0. The number of rotatable bonds is 10. The Morgan fingerprint density at radius 2 is 1.86 bits per heavy atom. The number of pyridine rings is 1. The van der Waals surface area contributed by atoms with Crippen molar-refractivity contribution in [2.24, 2.45) is 0 Å². The van der Waals surface area contributed by atoms with Gasteiger partial charge >= 0.3 is 5.97 Å². The molecule has 0 saturated carbocycles. The van der Waals surface area contributed by atoms with Gasteiger partial charge in [0.1, 0.15) is 5.75 Å². The molecule has 1 aliphatic rings. The molecule has 3 aromatic rings. The first-order chi connectivity index (χ1) is 18.0. The molecule has 0 atom stereocenters. The van der Waals surface area contributed by atoms with Crippen molar-refractivity contribution in [2.75, 3.05) is 32.8 Å². The molecule has 6 nitrogen and oxygen atoms in total. The Hall–Kier alpha value is -3.19. The summed E-state index contributed by atoms with van der Waals surface area (Å²) in [5.74, 6) is 0.221. The Morgan fingerprint density at radius 3 is 2.57 bits per heavy atom. The number of nitrogens with zero attached hydrogens (tertiary/aromatic N) is 2. The van der Waals surface area contributed by atoms with E-state index in [0.717, 1.165) is 48.3 Å². The van der Waals surface area contributed by atoms with E-state index in [2.05, 4.69) is 16.0 Å². The third kappa shape index (κ3) is 7.41. The van der Waals surface area contributed by atoms with Crippen LogP contribution < -0.4 is 4.74 Å². The van der Waals surface area contributed by atoms with E-state index in [9.17, 15) is 9.90 Å². The number of aliphatic hydroxyl groups is 1. The summed E-state index contributed by atoms with van der Waals surface area (Å²) in [5.41, 5.74) is 3.19. The zero-order valence-electron chi connectivity index (χ0n) is 21.1. The molecule has 2 aromatic carbocycles. The van der Waals surface area contributed by atoms with Gasteiger partial charge in [0.2, 0.25) is 0 Å². The van der Waals surface area contributed by atoms with Gasteiger partial charge in [0, 0.05) is 42.6 Å². The molecule has 37 heavy (non-hydrogen) atoms. The van der Waals surface area contributed by atoms with E-state index in [0.29, 0.717) is 30.2 Å². The highest BCUT2D eigenvalue weighted by molar-refractivity contribution is 6.30. The fraction of sp³-hybridized carbons (Fsp3) is 0.333. The fourth-order valence-electron chi connectivity index (χ4n) is 4.61. The molecular formula is C30H33ClN2O4. The quantitative estimate of drug-likeness (QED) is 0.357. The van der Waals surface area contributed by atoms with Crippen molar-refractivity contribution in [3.8, 4) is 5.75 Å². The maximum atomic E-state index is 11.7. The second kappa shape index (κ2) is 12.9. The zero-order valence-corrected chi connectivity index (χ0v) is 21.9. The second-order valence-electron chi connectivity index (χ2n) is 9.15. The minimum Gasteiger partial charge on any atom is -0.482 e. The van der Waals surface area contributed by atoms with E-state index in [-0.39, 0.29) is 12.6 Å². The number of hydrogen-bond donors (Lipinski definition) is 1. The first-order valence-electron chi connectivity index (χ1n) is 12.7. The number of carbonyl (C=O) groups is 1. The number of likely N-dealkylation sites (tertiary alicyclic amines) is 1. The van der Waals surface area contributed by atoms with Crippen LogP contribution in [-0.4, -0.2) is 53.8 Å². The SMILES string of the molecule is CCOC(=O)COc1cccc(/C(=C/CCN2CCC(O)(c3ccc(Cl)cc3)CC2)c2cccnc2)c1. The monoisotopic (exact) mass is 520 g/mol. The van der Waals surface area contributed by atoms with Gasteiger partial charge in [0.15, 0.2) is 6.61 Å². The molecule has 1 saturated heterocycles. The number of carbonyl (C=O) groups excluding carboxylic acids is 1. The highest BCUT2D eigenvalue weighted by atomic mass is 35.5. The van der Waals surface area contributed by atoms with Crippen LogP contribution in [0, 0.1) is 0 Å². The zero-order chi connectivity index (χ0) is 26.1. The van der Waals surface area contributed by atoms with Crippen LogP contribution in [0.4, 0.5) is 0 Å². The van der Waals surface area contributed by atoms with E-state index in [1.54, 1.807) is 13.1 Å². The Labute approximate surface area is 223 Å². The molecule has 194 valence electrons. The van der Waals surface area contributed by atoms with Crippen LogP contribution in [0.25, 0.3) is 5.57 Å². The van der Waals surface area contributed by atoms with Gasteiger partial charge in [-0.05, 0) is 73.2 Å². The van der Waals surface area contributed by atoms with E-state index < -0.39 is 5.60 Å². The topological polar surface area (TPSA) is 71.9 Å². The second-order valence-corrected chi connectivity index (χ2v) is 9.59. The summed E-state index contributed by atoms with van der Waals surface area (Å²) < 4.78 is 10.6. The molecule has 1 fully saturated rings. The average Bonchev–Trinajstić information content (AvgIpc) is 2.92. The predicted molar refractivity (Wildman–Crippen MR) is 146 cm³/mol. The Kier molecular flexibility index (Phi) is 9.34. The molecule has 0 aliphatic carbocycles. The molecule has 4 rings (SSSR count). The third-order valence-corrected chi connectivity index (χ3v) is 6.89. The Morgan fingerprint density at radius 1 is 1.11 bits per heavy atom. The van der Waals surface area contributed by atoms with Crippen LogP contribution in [0.15, 0.2) is 79.1 Å². The lowest BCUT2D eigenvalue weighted by atomic mass is 9.84. The first-order valence-corrected chi connectivity index (χ1v) is 13.0. The van der Waals surface area contributed by atoms with Crippen molar-refractivity contribution in [2.45, 2.75) is 31.8 Å².